The van der Waals surface area contributed by atoms with Crippen molar-refractivity contribution in [1.82, 2.24) is 0 Å². The second-order valence-electron chi connectivity index (χ2n) is 15.3. The molecule has 8 aromatic rings. The van der Waals surface area contributed by atoms with E-state index >= 15 is 0 Å². The predicted molar refractivity (Wildman–Crippen MR) is 240 cm³/mol. The van der Waals surface area contributed by atoms with Gasteiger partial charge in [0.25, 0.3) is 6.71 Å². The number of thiophene rings is 1. The van der Waals surface area contributed by atoms with Crippen molar-refractivity contribution in [2.75, 3.05) is 9.80 Å². The van der Waals surface area contributed by atoms with Crippen molar-refractivity contribution in [2.24, 2.45) is 0 Å². The zero-order valence-corrected chi connectivity index (χ0v) is 31.5. The number of benzene rings is 7. The molecule has 0 unspecified atom stereocenters. The first kappa shape index (κ1) is 23.9. The van der Waals surface area contributed by atoms with Gasteiger partial charge in [0.15, 0.2) is 0 Å². The molecule has 268 valence electrons. The number of rotatable bonds is 4. The monoisotopic (exact) mass is 746 g/mol. The van der Waals surface area contributed by atoms with Crippen LogP contribution in [0.2, 0.25) is 0 Å². The van der Waals surface area contributed by atoms with E-state index in [-0.39, 0.29) is 66.2 Å². The van der Waals surface area contributed by atoms with Crippen molar-refractivity contribution in [3.05, 3.63) is 174 Å². The summed E-state index contributed by atoms with van der Waals surface area (Å²) in [7, 11) is 0. The molecule has 0 saturated carbocycles. The minimum atomic E-state index is -0.429. The van der Waals surface area contributed by atoms with Crippen LogP contribution >= 0.6 is 11.3 Å². The lowest BCUT2D eigenvalue weighted by Gasteiger charge is -2.44. The molecule has 0 fully saturated rings. The van der Waals surface area contributed by atoms with E-state index in [0.717, 1.165) is 122 Å². The van der Waals surface area contributed by atoms with Crippen molar-refractivity contribution < 1.29 is 13.7 Å². The lowest BCUT2D eigenvalue weighted by molar-refractivity contribution is 0.686. The molecule has 0 radical (unpaired) electrons. The highest BCUT2D eigenvalue weighted by molar-refractivity contribution is 7.33. The molecule has 0 saturated heterocycles. The number of hydrogen-bond donors (Lipinski definition) is 0. The van der Waals surface area contributed by atoms with Crippen LogP contribution in [-0.4, -0.2) is 6.71 Å². The summed E-state index contributed by atoms with van der Waals surface area (Å²) in [5.41, 5.74) is 13.5. The normalized spacial score (nSPS) is 17.7. The van der Waals surface area contributed by atoms with Crippen LogP contribution in [0.4, 0.5) is 34.1 Å². The van der Waals surface area contributed by atoms with E-state index in [1.54, 1.807) is 11.3 Å². The summed E-state index contributed by atoms with van der Waals surface area (Å²) in [5, 5.41) is 1.06. The summed E-state index contributed by atoms with van der Waals surface area (Å²) in [5.74, 6) is 0. The molecule has 12 rings (SSSR count). The summed E-state index contributed by atoms with van der Waals surface area (Å²) in [6.45, 7) is -0.224. The van der Waals surface area contributed by atoms with Gasteiger partial charge in [0.2, 0.25) is 0 Å². The zero-order chi connectivity index (χ0) is 45.4. The van der Waals surface area contributed by atoms with Crippen molar-refractivity contribution in [1.29, 1.82) is 0 Å². The van der Waals surface area contributed by atoms with Crippen LogP contribution in [0, 0.1) is 0 Å². The molecule has 2 aliphatic heterocycles. The first-order chi connectivity index (χ1) is 32.0. The molecule has 4 heteroatoms. The maximum atomic E-state index is 9.29. The number of hydrogen-bond acceptors (Lipinski definition) is 3. The molecular weight excluding hydrogens is 695 g/mol. The molecule has 1 aromatic heterocycles. The molecule has 56 heavy (non-hydrogen) atoms. The fraction of sp³-hybridized carbons (Fsp3) is 0.154. The molecule has 0 spiro atoms. The third-order valence-electron chi connectivity index (χ3n) is 12.4. The predicted octanol–water partition coefficient (Wildman–Crippen LogP) is 12.1. The van der Waals surface area contributed by atoms with Gasteiger partial charge in [-0.25, -0.2) is 0 Å². The highest BCUT2D eigenvalue weighted by atomic mass is 32.1. The van der Waals surface area contributed by atoms with Crippen LogP contribution in [0.1, 0.15) is 61.6 Å². The number of anilines is 6. The zero-order valence-electron chi connectivity index (χ0n) is 40.7. The minimum Gasteiger partial charge on any atom is -0.311 e. The summed E-state index contributed by atoms with van der Waals surface area (Å²) in [6, 6.07) is 28.1. The van der Waals surface area contributed by atoms with Gasteiger partial charge in [0.1, 0.15) is 0 Å². The van der Waals surface area contributed by atoms with E-state index in [4.69, 9.17) is 8.22 Å². The van der Waals surface area contributed by atoms with Crippen LogP contribution in [0.25, 0.3) is 32.3 Å². The van der Waals surface area contributed by atoms with Crippen molar-refractivity contribution in [3.8, 4) is 22.3 Å². The largest absolute Gasteiger partial charge is 0.311 e. The summed E-state index contributed by atoms with van der Waals surface area (Å²) in [4.78, 5) is 4.57. The Balaban J connectivity index is 1.21. The molecule has 2 nitrogen and oxygen atoms in total. The van der Waals surface area contributed by atoms with Crippen LogP contribution in [-0.2, 0) is 25.7 Å². The van der Waals surface area contributed by atoms with Gasteiger partial charge in [-0.3, -0.25) is 0 Å². The Morgan fingerprint density at radius 2 is 1.16 bits per heavy atom. The molecule has 2 aliphatic carbocycles. The van der Waals surface area contributed by atoms with Gasteiger partial charge >= 0.3 is 0 Å². The Labute approximate surface area is 347 Å². The maximum absolute atomic E-state index is 9.29. The molecule has 7 aromatic carbocycles. The molecule has 0 bridgehead atoms. The second kappa shape index (κ2) is 12.9. The third kappa shape index (κ3) is 4.82. The van der Waals surface area contributed by atoms with Gasteiger partial charge in [0, 0.05) is 43.1 Å². The van der Waals surface area contributed by atoms with Gasteiger partial charge in [-0.15, -0.1) is 11.3 Å². The van der Waals surface area contributed by atoms with E-state index in [1.807, 2.05) is 12.1 Å². The standard InChI is InChI=1S/C52H41BN2S/c1-3-16-34(17-4-1)40-31-30-36-20-9-10-23-39(36)50(40)55-46-28-15-27-45-49(46)53(52-51(55)41-24-11-14-29-48(41)56-52)43-25-12-13-26-44(43)54(45)47-33-38-22-8-7-21-37(38)32-42(47)35-18-5-2-6-19-35/h1-6,11-19,24-33H,7-10,20-23H2/i1D,2D,3D,4D,5D,6D,16D,17D,18D,19D. The first-order valence-electron chi connectivity index (χ1n) is 24.7. The fourth-order valence-electron chi connectivity index (χ4n) is 10.0. The first-order valence-corrected chi connectivity index (χ1v) is 20.6. The van der Waals surface area contributed by atoms with Gasteiger partial charge in [-0.05, 0) is 132 Å². The highest BCUT2D eigenvalue weighted by Crippen LogP contribution is 2.52. The Hall–Kier alpha value is -5.84. The number of aryl methyl sites for hydroxylation is 3. The second-order valence-corrected chi connectivity index (χ2v) is 16.4. The van der Waals surface area contributed by atoms with Crippen LogP contribution in [0.3, 0.4) is 0 Å². The topological polar surface area (TPSA) is 6.48 Å². The van der Waals surface area contributed by atoms with E-state index in [2.05, 4.69) is 88.7 Å². The number of para-hydroxylation sites is 1. The lowest BCUT2D eigenvalue weighted by atomic mass is 9.36. The van der Waals surface area contributed by atoms with Gasteiger partial charge in [-0.1, -0.05) is 115 Å². The maximum Gasteiger partial charge on any atom is 0.264 e. The Morgan fingerprint density at radius 1 is 0.518 bits per heavy atom. The van der Waals surface area contributed by atoms with Crippen molar-refractivity contribution in [3.63, 3.8) is 0 Å². The van der Waals surface area contributed by atoms with E-state index in [0.29, 0.717) is 11.1 Å². The van der Waals surface area contributed by atoms with E-state index < -0.39 is 12.1 Å². The van der Waals surface area contributed by atoms with Crippen LogP contribution in [0.15, 0.2) is 151 Å². The third-order valence-corrected chi connectivity index (χ3v) is 13.6. The molecule has 0 N–H and O–H groups in total. The Kier molecular flexibility index (Phi) is 5.50. The summed E-state index contributed by atoms with van der Waals surface area (Å²) < 4.78 is 91.4. The molecular formula is C52H41BN2S. The van der Waals surface area contributed by atoms with E-state index in [9.17, 15) is 5.48 Å². The molecule has 4 aliphatic rings. The molecule has 3 heterocycles. The fourth-order valence-corrected chi connectivity index (χ4v) is 11.3. The average molecular weight is 747 g/mol. The van der Waals surface area contributed by atoms with Crippen molar-refractivity contribution in [2.45, 2.75) is 51.4 Å². The quantitative estimate of drug-likeness (QED) is 0.166. The average Bonchev–Trinajstić information content (AvgIpc) is 3.73. The van der Waals surface area contributed by atoms with Gasteiger partial charge in [0.05, 0.1) is 30.8 Å². The smallest absolute Gasteiger partial charge is 0.264 e. The van der Waals surface area contributed by atoms with Crippen molar-refractivity contribution >= 4 is 78.0 Å². The van der Waals surface area contributed by atoms with E-state index in [1.165, 1.54) is 11.1 Å². The lowest BCUT2D eigenvalue weighted by Crippen LogP contribution is -2.60. The Bertz CT molecular complexity index is 3380. The summed E-state index contributed by atoms with van der Waals surface area (Å²) >= 11 is 1.75. The molecule has 0 atom stereocenters. The van der Waals surface area contributed by atoms with Gasteiger partial charge in [-0.2, -0.15) is 0 Å². The Morgan fingerprint density at radius 3 is 1.96 bits per heavy atom. The summed E-state index contributed by atoms with van der Waals surface area (Å²) in [6.07, 6.45) is 7.34. The minimum absolute atomic E-state index is 0.168. The number of nitrogens with zero attached hydrogens (tertiary/aromatic N) is 2. The molecule has 0 amide bonds. The van der Waals surface area contributed by atoms with Crippen LogP contribution < -0.4 is 25.5 Å². The van der Waals surface area contributed by atoms with Crippen LogP contribution in [0.5, 0.6) is 0 Å². The number of fused-ring (bicyclic) bond motifs is 8. The highest BCUT2D eigenvalue weighted by Gasteiger charge is 2.46. The van der Waals surface area contributed by atoms with Gasteiger partial charge < -0.3 is 9.80 Å². The SMILES string of the molecule is [2H]c1c([2H])c([2H])c(-c2cc3c(cc2N2c4ccccc4B4c5sc6ccccc6c5N(c5c(-c6c([2H])c([2H])c([2H])c([2H])c6[2H])ccc6c5CCCC6)c5cccc2c54)CCCC3)c([2H])c1[2H].